The summed E-state index contributed by atoms with van der Waals surface area (Å²) in [6, 6.07) is 15.1. The van der Waals surface area contributed by atoms with Crippen LogP contribution in [0.15, 0.2) is 42.5 Å². The predicted molar refractivity (Wildman–Crippen MR) is 113 cm³/mol. The Balaban J connectivity index is 0.00000261. The number of rotatable bonds is 5. The van der Waals surface area contributed by atoms with E-state index in [0.29, 0.717) is 6.54 Å². The summed E-state index contributed by atoms with van der Waals surface area (Å²) in [6.45, 7) is 11.0. The molecule has 2 aromatic rings. The van der Waals surface area contributed by atoms with E-state index >= 15 is 0 Å². The van der Waals surface area contributed by atoms with Gasteiger partial charge in [0.2, 0.25) is 5.91 Å². The van der Waals surface area contributed by atoms with Gasteiger partial charge in [-0.2, -0.15) is 0 Å². The first-order chi connectivity index (χ1) is 12.3. The van der Waals surface area contributed by atoms with Crippen molar-refractivity contribution in [2.45, 2.75) is 39.8 Å². The number of nitrogens with one attached hydrogen (secondary N) is 1. The minimum absolute atomic E-state index is 0. The first kappa shape index (κ1) is 21.7. The molecule has 0 aliphatic carbocycles. The SMILES string of the molecule is C[C@@H](NCC1CN(CC(C)(C)C)C(=O)CO1)c1cccc2ccccc12.Cl. The molecule has 1 fully saturated rings. The van der Waals surface area contributed by atoms with E-state index in [9.17, 15) is 4.79 Å². The lowest BCUT2D eigenvalue weighted by Crippen LogP contribution is -2.52. The number of carbonyl (C=O) groups excluding carboxylic acids is 1. The Bertz CT molecular complexity index is 767. The van der Waals surface area contributed by atoms with Crippen LogP contribution in [0.1, 0.15) is 39.3 Å². The molecule has 3 rings (SSSR count). The van der Waals surface area contributed by atoms with Gasteiger partial charge in [0.05, 0.1) is 6.10 Å². The van der Waals surface area contributed by atoms with E-state index in [1.54, 1.807) is 0 Å². The number of hydrogen-bond acceptors (Lipinski definition) is 3. The van der Waals surface area contributed by atoms with Crippen molar-refractivity contribution in [3.8, 4) is 0 Å². The molecule has 1 aliphatic rings. The van der Waals surface area contributed by atoms with Gasteiger partial charge in [0.25, 0.3) is 0 Å². The van der Waals surface area contributed by atoms with Crippen molar-refractivity contribution in [1.82, 2.24) is 10.2 Å². The van der Waals surface area contributed by atoms with E-state index in [2.05, 4.69) is 75.5 Å². The number of fused-ring (bicyclic) bond motifs is 1. The second-order valence-electron chi connectivity index (χ2n) is 8.47. The molecular weight excluding hydrogens is 360 g/mol. The van der Waals surface area contributed by atoms with Crippen molar-refractivity contribution in [3.05, 3.63) is 48.0 Å². The summed E-state index contributed by atoms with van der Waals surface area (Å²) >= 11 is 0. The normalized spacial score (nSPS) is 19.0. The Labute approximate surface area is 168 Å². The van der Waals surface area contributed by atoms with Crippen LogP contribution in [0.25, 0.3) is 10.8 Å². The molecule has 0 saturated carbocycles. The molecule has 0 radical (unpaired) electrons. The molecule has 0 spiro atoms. The monoisotopic (exact) mass is 390 g/mol. The van der Waals surface area contributed by atoms with Crippen molar-refractivity contribution < 1.29 is 9.53 Å². The summed E-state index contributed by atoms with van der Waals surface area (Å²) in [5, 5.41) is 6.14. The number of amides is 1. The molecule has 0 bridgehead atoms. The highest BCUT2D eigenvalue weighted by Gasteiger charge is 2.29. The third kappa shape index (κ3) is 5.68. The van der Waals surface area contributed by atoms with E-state index in [4.69, 9.17) is 4.74 Å². The number of nitrogens with zero attached hydrogens (tertiary/aromatic N) is 1. The standard InChI is InChI=1S/C22H30N2O2.ClH/c1-16(19-11-7-9-17-8-5-6-10-20(17)19)23-12-18-13-24(15-22(2,3)4)21(25)14-26-18;/h5-11,16,18,23H,12-15H2,1-4H3;1H/t16-,18?;/m1./s1. The molecule has 1 heterocycles. The van der Waals surface area contributed by atoms with Crippen molar-refractivity contribution in [1.29, 1.82) is 0 Å². The van der Waals surface area contributed by atoms with Crippen LogP contribution in [0.2, 0.25) is 0 Å². The van der Waals surface area contributed by atoms with Crippen LogP contribution in [0, 0.1) is 5.41 Å². The quantitative estimate of drug-likeness (QED) is 0.832. The largest absolute Gasteiger partial charge is 0.365 e. The van der Waals surface area contributed by atoms with Gasteiger partial charge in [-0.25, -0.2) is 0 Å². The maximum absolute atomic E-state index is 12.1. The van der Waals surface area contributed by atoms with Crippen LogP contribution < -0.4 is 5.32 Å². The van der Waals surface area contributed by atoms with E-state index in [-0.39, 0.29) is 42.5 Å². The van der Waals surface area contributed by atoms with Gasteiger partial charge in [0.1, 0.15) is 6.61 Å². The van der Waals surface area contributed by atoms with Crippen LogP contribution >= 0.6 is 12.4 Å². The van der Waals surface area contributed by atoms with Crippen LogP contribution in [-0.4, -0.2) is 43.2 Å². The molecule has 1 aliphatic heterocycles. The van der Waals surface area contributed by atoms with Crippen LogP contribution in [-0.2, 0) is 9.53 Å². The van der Waals surface area contributed by atoms with Gasteiger partial charge in [-0.1, -0.05) is 63.2 Å². The van der Waals surface area contributed by atoms with E-state index in [1.807, 2.05) is 4.90 Å². The highest BCUT2D eigenvalue weighted by molar-refractivity contribution is 5.86. The first-order valence-electron chi connectivity index (χ1n) is 9.44. The molecule has 5 heteroatoms. The minimum atomic E-state index is 0. The van der Waals surface area contributed by atoms with E-state index < -0.39 is 0 Å². The number of carbonyl (C=O) groups is 1. The highest BCUT2D eigenvalue weighted by atomic mass is 35.5. The van der Waals surface area contributed by atoms with Crippen LogP contribution in [0.3, 0.4) is 0 Å². The maximum atomic E-state index is 12.1. The second kappa shape index (κ2) is 9.05. The summed E-state index contributed by atoms with van der Waals surface area (Å²) in [5.41, 5.74) is 1.39. The third-order valence-electron chi connectivity index (χ3n) is 4.83. The zero-order chi connectivity index (χ0) is 18.7. The summed E-state index contributed by atoms with van der Waals surface area (Å²) < 4.78 is 5.76. The molecule has 2 aromatic carbocycles. The second-order valence-corrected chi connectivity index (χ2v) is 8.47. The number of morpholine rings is 1. The smallest absolute Gasteiger partial charge is 0.248 e. The van der Waals surface area contributed by atoms with E-state index in [0.717, 1.165) is 13.1 Å². The maximum Gasteiger partial charge on any atom is 0.248 e. The van der Waals surface area contributed by atoms with Gasteiger partial charge in [-0.3, -0.25) is 4.79 Å². The first-order valence-corrected chi connectivity index (χ1v) is 9.44. The molecule has 1 unspecified atom stereocenters. The third-order valence-corrected chi connectivity index (χ3v) is 4.83. The van der Waals surface area contributed by atoms with Crippen LogP contribution in [0.5, 0.6) is 0 Å². The molecule has 27 heavy (non-hydrogen) atoms. The molecule has 4 nitrogen and oxygen atoms in total. The van der Waals surface area contributed by atoms with Crippen LogP contribution in [0.4, 0.5) is 0 Å². The topological polar surface area (TPSA) is 41.6 Å². The fourth-order valence-corrected chi connectivity index (χ4v) is 3.58. The van der Waals surface area contributed by atoms with Gasteiger partial charge in [0.15, 0.2) is 0 Å². The van der Waals surface area contributed by atoms with Crippen molar-refractivity contribution in [2.75, 3.05) is 26.2 Å². The molecule has 2 atom stereocenters. The number of benzene rings is 2. The van der Waals surface area contributed by atoms with Gasteiger partial charge in [-0.05, 0) is 28.7 Å². The molecular formula is C22H31ClN2O2. The summed E-state index contributed by atoms with van der Waals surface area (Å²) in [7, 11) is 0. The van der Waals surface area contributed by atoms with Gasteiger partial charge in [-0.15, -0.1) is 12.4 Å². The zero-order valence-corrected chi connectivity index (χ0v) is 17.5. The van der Waals surface area contributed by atoms with Crippen molar-refractivity contribution >= 4 is 29.1 Å². The van der Waals surface area contributed by atoms with Crippen molar-refractivity contribution in [3.63, 3.8) is 0 Å². The summed E-state index contributed by atoms with van der Waals surface area (Å²) in [4.78, 5) is 14.0. The lowest BCUT2D eigenvalue weighted by Gasteiger charge is -2.37. The lowest BCUT2D eigenvalue weighted by atomic mass is 9.95. The van der Waals surface area contributed by atoms with Gasteiger partial charge >= 0.3 is 0 Å². The molecule has 148 valence electrons. The predicted octanol–water partition coefficient (Wildman–Crippen LogP) is 4.19. The number of ether oxygens (including phenoxy) is 1. The summed E-state index contributed by atoms with van der Waals surface area (Å²) in [6.07, 6.45) is 0.0347. The van der Waals surface area contributed by atoms with Gasteiger partial charge in [0, 0.05) is 25.7 Å². The average Bonchev–Trinajstić information content (AvgIpc) is 2.60. The fraction of sp³-hybridized carbons (Fsp3) is 0.500. The Morgan fingerprint density at radius 1 is 1.19 bits per heavy atom. The Kier molecular flexibility index (Phi) is 7.26. The highest BCUT2D eigenvalue weighted by Crippen LogP contribution is 2.24. The average molecular weight is 391 g/mol. The summed E-state index contributed by atoms with van der Waals surface area (Å²) in [5.74, 6) is 0.0956. The Morgan fingerprint density at radius 2 is 1.89 bits per heavy atom. The number of hydrogen-bond donors (Lipinski definition) is 1. The number of halogens is 1. The molecule has 1 N–H and O–H groups in total. The lowest BCUT2D eigenvalue weighted by molar-refractivity contribution is -0.150. The molecule has 1 amide bonds. The Morgan fingerprint density at radius 3 is 2.63 bits per heavy atom. The molecule has 1 saturated heterocycles. The van der Waals surface area contributed by atoms with Crippen molar-refractivity contribution in [2.24, 2.45) is 5.41 Å². The fourth-order valence-electron chi connectivity index (χ4n) is 3.58. The molecule has 0 aromatic heterocycles. The zero-order valence-electron chi connectivity index (χ0n) is 16.7. The minimum Gasteiger partial charge on any atom is -0.365 e. The van der Waals surface area contributed by atoms with Gasteiger partial charge < -0.3 is 15.0 Å². The Hall–Kier alpha value is -1.62. The van der Waals surface area contributed by atoms with E-state index in [1.165, 1.54) is 16.3 Å².